The molecule has 0 bridgehead atoms. The Balaban J connectivity index is 1.96. The van der Waals surface area contributed by atoms with Crippen LogP contribution in [0.2, 0.25) is 18.1 Å². The van der Waals surface area contributed by atoms with Crippen LogP contribution in [-0.2, 0) is 35.2 Å². The van der Waals surface area contributed by atoms with Crippen molar-refractivity contribution in [3.05, 3.63) is 32.6 Å². The zero-order valence-corrected chi connectivity index (χ0v) is 22.8. The van der Waals surface area contributed by atoms with Crippen LogP contribution in [0, 0.1) is 6.92 Å². The van der Waals surface area contributed by atoms with Crippen LogP contribution in [0.25, 0.3) is 0 Å². The zero-order chi connectivity index (χ0) is 25.5. The lowest BCUT2D eigenvalue weighted by molar-refractivity contribution is -0.166. The van der Waals surface area contributed by atoms with Crippen molar-refractivity contribution in [1.82, 2.24) is 14.5 Å². The van der Waals surface area contributed by atoms with E-state index in [1.807, 2.05) is 13.1 Å². The quantitative estimate of drug-likeness (QED) is 0.441. The molecule has 0 amide bonds. The predicted octanol–water partition coefficient (Wildman–Crippen LogP) is 0.578. The fraction of sp³-hybridized carbons (Fsp3) is 0.810. The number of nitrogens with zero attached hydrogens (tertiary/aromatic N) is 2. The molecule has 1 unspecified atom stereocenters. The minimum Gasteiger partial charge on any atom is -0.406 e. The Kier molecular flexibility index (Phi) is 5.92. The Morgan fingerprint density at radius 1 is 1.29 bits per heavy atom. The van der Waals surface area contributed by atoms with Crippen molar-refractivity contribution < 1.29 is 26.5 Å². The van der Waals surface area contributed by atoms with Crippen LogP contribution in [0.3, 0.4) is 0 Å². The van der Waals surface area contributed by atoms with Gasteiger partial charge in [0.15, 0.2) is 25.9 Å². The first-order valence-corrected chi connectivity index (χ1v) is 15.9. The fourth-order valence-electron chi connectivity index (χ4n) is 4.97. The Labute approximate surface area is 200 Å². The monoisotopic (exact) mass is 517 g/mol. The number of hydrogen-bond acceptors (Lipinski definition) is 9. The standard InChI is InChI=1S/C21H35N3O8SSi/c1-9-29-20-12-33(27,28)32-21(20)14(10-22-20)30-17(15(21)31-34(7,8)19(3,4)5)24-11-13(2)16(25)23(6)18(24)26/h11,14-15,17,22H,9-10,12H2,1-8H3/t14?,15-,17+,20+,21+/m0/s1. The summed E-state index contributed by atoms with van der Waals surface area (Å²) in [5, 5.41) is 2.97. The average molecular weight is 518 g/mol. The zero-order valence-electron chi connectivity index (χ0n) is 21.0. The molecule has 3 aliphatic heterocycles. The second-order valence-electron chi connectivity index (χ2n) is 10.9. The van der Waals surface area contributed by atoms with E-state index < -0.39 is 65.2 Å². The number of nitrogens with one attached hydrogen (secondary N) is 1. The van der Waals surface area contributed by atoms with Gasteiger partial charge in [-0.3, -0.25) is 23.4 Å². The van der Waals surface area contributed by atoms with Crippen LogP contribution in [0.15, 0.2) is 15.8 Å². The Hall–Kier alpha value is -1.35. The molecule has 0 aromatic carbocycles. The average Bonchev–Trinajstić information content (AvgIpc) is 3.23. The molecule has 1 aromatic heterocycles. The molecule has 5 atom stereocenters. The van der Waals surface area contributed by atoms with Crippen molar-refractivity contribution in [3.63, 3.8) is 0 Å². The lowest BCUT2D eigenvalue weighted by atomic mass is 9.85. The van der Waals surface area contributed by atoms with Gasteiger partial charge in [-0.2, -0.15) is 8.42 Å². The molecule has 0 aliphatic carbocycles. The number of rotatable bonds is 5. The molecule has 1 aromatic rings. The van der Waals surface area contributed by atoms with Gasteiger partial charge in [-0.05, 0) is 32.0 Å². The lowest BCUT2D eigenvalue weighted by Crippen LogP contribution is -2.66. The molecule has 34 heavy (non-hydrogen) atoms. The van der Waals surface area contributed by atoms with E-state index in [0.29, 0.717) is 5.56 Å². The topological polar surface area (TPSA) is 127 Å². The molecule has 1 spiro atoms. The summed E-state index contributed by atoms with van der Waals surface area (Å²) in [6, 6.07) is 0. The van der Waals surface area contributed by atoms with Crippen molar-refractivity contribution in [1.29, 1.82) is 0 Å². The van der Waals surface area contributed by atoms with Gasteiger partial charge in [-0.15, -0.1) is 0 Å². The number of ether oxygens (including phenoxy) is 2. The summed E-state index contributed by atoms with van der Waals surface area (Å²) in [4.78, 5) is 25.5. The third-order valence-electron chi connectivity index (χ3n) is 7.69. The first kappa shape index (κ1) is 25.7. The molecular weight excluding hydrogens is 482 g/mol. The largest absolute Gasteiger partial charge is 0.406 e. The summed E-state index contributed by atoms with van der Waals surface area (Å²) in [5.41, 5.74) is -3.59. The SMILES string of the molecule is CCO[C@]12CS(=O)(=O)O[C@@]13C(CN2)O[C@@H](n1cc(C)c(=O)n(C)c1=O)[C@@H]3O[Si](C)(C)C(C)(C)C. The molecule has 3 aliphatic rings. The number of aromatic nitrogens is 2. The van der Waals surface area contributed by atoms with Crippen molar-refractivity contribution >= 4 is 18.4 Å². The second kappa shape index (κ2) is 7.82. The van der Waals surface area contributed by atoms with Crippen molar-refractivity contribution in [2.45, 2.75) is 82.5 Å². The minimum atomic E-state index is -3.99. The van der Waals surface area contributed by atoms with Gasteiger partial charge in [-0.1, -0.05) is 20.8 Å². The predicted molar refractivity (Wildman–Crippen MR) is 127 cm³/mol. The van der Waals surface area contributed by atoms with Gasteiger partial charge < -0.3 is 13.9 Å². The summed E-state index contributed by atoms with van der Waals surface area (Å²) in [7, 11) is -5.14. The second-order valence-corrected chi connectivity index (χ2v) is 17.2. The molecule has 4 rings (SSSR count). The molecule has 4 heterocycles. The number of hydrogen-bond donors (Lipinski definition) is 1. The van der Waals surface area contributed by atoms with Gasteiger partial charge in [0.25, 0.3) is 15.7 Å². The highest BCUT2D eigenvalue weighted by Crippen LogP contribution is 2.57. The molecular formula is C21H35N3O8SSi. The summed E-state index contributed by atoms with van der Waals surface area (Å²) < 4.78 is 53.2. The molecule has 3 saturated heterocycles. The maximum atomic E-state index is 13.2. The van der Waals surface area contributed by atoms with Crippen molar-refractivity contribution in [2.24, 2.45) is 7.05 Å². The van der Waals surface area contributed by atoms with Gasteiger partial charge in [0.05, 0.1) is 0 Å². The maximum Gasteiger partial charge on any atom is 0.332 e. The van der Waals surface area contributed by atoms with E-state index in [1.165, 1.54) is 17.8 Å². The van der Waals surface area contributed by atoms with Gasteiger partial charge in [0.2, 0.25) is 0 Å². The normalized spacial score (nSPS) is 34.9. The van der Waals surface area contributed by atoms with Crippen molar-refractivity contribution in [3.8, 4) is 0 Å². The van der Waals surface area contributed by atoms with Gasteiger partial charge in [0.1, 0.15) is 18.0 Å². The van der Waals surface area contributed by atoms with Crippen LogP contribution in [0.5, 0.6) is 0 Å². The molecule has 192 valence electrons. The lowest BCUT2D eigenvalue weighted by Gasteiger charge is -2.45. The Morgan fingerprint density at radius 2 is 1.94 bits per heavy atom. The highest BCUT2D eigenvalue weighted by molar-refractivity contribution is 7.87. The molecule has 0 radical (unpaired) electrons. The number of aryl methyl sites for hydroxylation is 1. The Bertz CT molecular complexity index is 1220. The molecule has 0 saturated carbocycles. The van der Waals surface area contributed by atoms with Crippen LogP contribution in [0.4, 0.5) is 0 Å². The van der Waals surface area contributed by atoms with Crippen molar-refractivity contribution in [2.75, 3.05) is 18.9 Å². The highest BCUT2D eigenvalue weighted by atomic mass is 32.2. The Morgan fingerprint density at radius 3 is 2.53 bits per heavy atom. The summed E-state index contributed by atoms with van der Waals surface area (Å²) in [5.74, 6) is -0.404. The van der Waals surface area contributed by atoms with Gasteiger partial charge in [-0.25, -0.2) is 4.79 Å². The van der Waals surface area contributed by atoms with Crippen LogP contribution in [-0.4, -0.2) is 68.3 Å². The van der Waals surface area contributed by atoms with E-state index in [2.05, 4.69) is 26.1 Å². The van der Waals surface area contributed by atoms with Gasteiger partial charge >= 0.3 is 5.69 Å². The fourth-order valence-corrected chi connectivity index (χ4v) is 7.98. The van der Waals surface area contributed by atoms with E-state index in [0.717, 1.165) is 4.57 Å². The third-order valence-corrected chi connectivity index (χ3v) is 13.4. The molecule has 13 heteroatoms. The van der Waals surface area contributed by atoms with E-state index in [9.17, 15) is 18.0 Å². The third kappa shape index (κ3) is 3.51. The first-order valence-electron chi connectivity index (χ1n) is 11.5. The van der Waals surface area contributed by atoms with E-state index >= 15 is 0 Å². The smallest absolute Gasteiger partial charge is 0.332 e. The van der Waals surface area contributed by atoms with E-state index in [-0.39, 0.29) is 18.2 Å². The minimum absolute atomic E-state index is 0.228. The summed E-state index contributed by atoms with van der Waals surface area (Å²) >= 11 is 0. The summed E-state index contributed by atoms with van der Waals surface area (Å²) in [6.45, 7) is 14.1. The van der Waals surface area contributed by atoms with Crippen LogP contribution in [0.1, 0.15) is 39.5 Å². The first-order chi connectivity index (χ1) is 15.5. The van der Waals surface area contributed by atoms with E-state index in [4.69, 9.17) is 18.1 Å². The van der Waals surface area contributed by atoms with Crippen LogP contribution >= 0.6 is 0 Å². The van der Waals surface area contributed by atoms with Crippen LogP contribution < -0.4 is 16.6 Å². The van der Waals surface area contributed by atoms with Gasteiger partial charge in [0, 0.05) is 32.0 Å². The molecule has 3 fully saturated rings. The maximum absolute atomic E-state index is 13.2. The van der Waals surface area contributed by atoms with E-state index in [1.54, 1.807) is 13.8 Å². The molecule has 11 nitrogen and oxygen atoms in total. The molecule has 1 N–H and O–H groups in total. The highest BCUT2D eigenvalue weighted by Gasteiger charge is 2.80. The summed E-state index contributed by atoms with van der Waals surface area (Å²) in [6.07, 6.45) is -1.34.